The molecule has 0 spiro atoms. The van der Waals surface area contributed by atoms with Gasteiger partial charge in [0, 0.05) is 28.1 Å². The number of hydrogen-bond acceptors (Lipinski definition) is 2. The Hall–Kier alpha value is -1.68. The molecular formula is C13H11BrN2O. The van der Waals surface area contributed by atoms with Crippen molar-refractivity contribution >= 4 is 27.5 Å². The first-order chi connectivity index (χ1) is 8.18. The van der Waals surface area contributed by atoms with E-state index in [4.69, 9.17) is 0 Å². The van der Waals surface area contributed by atoms with Crippen molar-refractivity contribution in [1.29, 1.82) is 0 Å². The van der Waals surface area contributed by atoms with Gasteiger partial charge >= 0.3 is 0 Å². The molecule has 0 aliphatic rings. The van der Waals surface area contributed by atoms with E-state index in [1.807, 2.05) is 19.1 Å². The zero-order valence-corrected chi connectivity index (χ0v) is 10.9. The van der Waals surface area contributed by atoms with Crippen molar-refractivity contribution in [1.82, 2.24) is 4.98 Å². The number of halogens is 1. The molecule has 4 heteroatoms. The second-order valence-corrected chi connectivity index (χ2v) is 4.46. The molecule has 17 heavy (non-hydrogen) atoms. The van der Waals surface area contributed by atoms with Crippen molar-refractivity contribution < 1.29 is 4.79 Å². The highest BCUT2D eigenvalue weighted by Crippen LogP contribution is 2.20. The lowest BCUT2D eigenvalue weighted by Crippen LogP contribution is -2.13. The van der Waals surface area contributed by atoms with Crippen LogP contribution in [0.4, 0.5) is 5.69 Å². The third kappa shape index (κ3) is 2.71. The zero-order valence-electron chi connectivity index (χ0n) is 9.27. The molecule has 0 fully saturated rings. The summed E-state index contributed by atoms with van der Waals surface area (Å²) in [4.78, 5) is 15.9. The van der Waals surface area contributed by atoms with Gasteiger partial charge in [-0.15, -0.1) is 0 Å². The third-order valence-corrected chi connectivity index (χ3v) is 3.31. The first-order valence-electron chi connectivity index (χ1n) is 5.15. The highest BCUT2D eigenvalue weighted by Gasteiger charge is 2.10. The highest BCUT2D eigenvalue weighted by atomic mass is 79.9. The fourth-order valence-corrected chi connectivity index (χ4v) is 1.85. The number of anilines is 1. The van der Waals surface area contributed by atoms with Crippen molar-refractivity contribution in [2.45, 2.75) is 6.92 Å². The van der Waals surface area contributed by atoms with Crippen LogP contribution in [0.5, 0.6) is 0 Å². The van der Waals surface area contributed by atoms with E-state index >= 15 is 0 Å². The van der Waals surface area contributed by atoms with Crippen LogP contribution in [0, 0.1) is 6.92 Å². The number of carbonyl (C=O) groups is 1. The summed E-state index contributed by atoms with van der Waals surface area (Å²) in [5.74, 6) is -0.116. The molecule has 1 aromatic heterocycles. The fraction of sp³-hybridized carbons (Fsp3) is 0.0769. The van der Waals surface area contributed by atoms with Crippen LogP contribution < -0.4 is 5.32 Å². The summed E-state index contributed by atoms with van der Waals surface area (Å²) in [6, 6.07) is 9.07. The Bertz CT molecular complexity index is 540. The van der Waals surface area contributed by atoms with E-state index in [1.165, 1.54) is 0 Å². The van der Waals surface area contributed by atoms with E-state index in [0.717, 1.165) is 15.7 Å². The number of rotatable bonds is 2. The van der Waals surface area contributed by atoms with Gasteiger partial charge < -0.3 is 5.32 Å². The first-order valence-corrected chi connectivity index (χ1v) is 5.94. The number of benzene rings is 1. The lowest BCUT2D eigenvalue weighted by atomic mass is 10.1. The van der Waals surface area contributed by atoms with E-state index in [-0.39, 0.29) is 5.91 Å². The van der Waals surface area contributed by atoms with Crippen molar-refractivity contribution in [3.63, 3.8) is 0 Å². The number of carbonyl (C=O) groups excluding carboxylic acids is 1. The Morgan fingerprint density at radius 3 is 2.65 bits per heavy atom. The molecule has 1 amide bonds. The summed E-state index contributed by atoms with van der Waals surface area (Å²) in [5.41, 5.74) is 2.33. The summed E-state index contributed by atoms with van der Waals surface area (Å²) in [6.07, 6.45) is 3.28. The van der Waals surface area contributed by atoms with Crippen molar-refractivity contribution in [3.05, 3.63) is 58.3 Å². The van der Waals surface area contributed by atoms with Gasteiger partial charge in [-0.05, 0) is 36.8 Å². The topological polar surface area (TPSA) is 42.0 Å². The maximum Gasteiger partial charge on any atom is 0.255 e. The molecule has 1 N–H and O–H groups in total. The average molecular weight is 291 g/mol. The fourth-order valence-electron chi connectivity index (χ4n) is 1.49. The molecule has 0 aliphatic carbocycles. The third-order valence-electron chi connectivity index (χ3n) is 2.45. The maximum atomic E-state index is 12.0. The van der Waals surface area contributed by atoms with Crippen molar-refractivity contribution in [2.75, 3.05) is 5.32 Å². The van der Waals surface area contributed by atoms with Gasteiger partial charge in [0.05, 0.1) is 0 Å². The summed E-state index contributed by atoms with van der Waals surface area (Å²) in [7, 11) is 0. The van der Waals surface area contributed by atoms with E-state index in [0.29, 0.717) is 5.56 Å². The quantitative estimate of drug-likeness (QED) is 0.921. The molecule has 86 valence electrons. The molecule has 2 rings (SSSR count). The zero-order chi connectivity index (χ0) is 12.3. The molecular weight excluding hydrogens is 280 g/mol. The minimum atomic E-state index is -0.116. The summed E-state index contributed by atoms with van der Waals surface area (Å²) in [6.45, 7) is 1.91. The Morgan fingerprint density at radius 1 is 1.24 bits per heavy atom. The van der Waals surface area contributed by atoms with Crippen LogP contribution in [-0.4, -0.2) is 10.9 Å². The van der Waals surface area contributed by atoms with E-state index in [1.54, 1.807) is 30.6 Å². The largest absolute Gasteiger partial charge is 0.322 e. The van der Waals surface area contributed by atoms with Crippen LogP contribution in [0.25, 0.3) is 0 Å². The van der Waals surface area contributed by atoms with Crippen LogP contribution in [0.2, 0.25) is 0 Å². The second-order valence-electron chi connectivity index (χ2n) is 3.60. The van der Waals surface area contributed by atoms with Gasteiger partial charge in [0.25, 0.3) is 5.91 Å². The minimum absolute atomic E-state index is 0.116. The number of aromatic nitrogens is 1. The normalized spacial score (nSPS) is 10.0. The summed E-state index contributed by atoms with van der Waals surface area (Å²) in [5, 5.41) is 2.83. The van der Waals surface area contributed by atoms with Crippen molar-refractivity contribution in [3.8, 4) is 0 Å². The highest BCUT2D eigenvalue weighted by molar-refractivity contribution is 9.10. The second kappa shape index (κ2) is 5.10. The monoisotopic (exact) mass is 290 g/mol. The van der Waals surface area contributed by atoms with Gasteiger partial charge in [-0.1, -0.05) is 22.0 Å². The van der Waals surface area contributed by atoms with Gasteiger partial charge in [-0.2, -0.15) is 0 Å². The number of pyridine rings is 1. The smallest absolute Gasteiger partial charge is 0.255 e. The van der Waals surface area contributed by atoms with Gasteiger partial charge in [-0.25, -0.2) is 0 Å². The van der Waals surface area contributed by atoms with Gasteiger partial charge in [-0.3, -0.25) is 9.78 Å². The predicted octanol–water partition coefficient (Wildman–Crippen LogP) is 3.40. The molecule has 0 radical (unpaired) electrons. The minimum Gasteiger partial charge on any atom is -0.322 e. The van der Waals surface area contributed by atoms with E-state index in [9.17, 15) is 4.79 Å². The first kappa shape index (κ1) is 11.8. The number of amides is 1. The van der Waals surface area contributed by atoms with Crippen LogP contribution in [0.1, 0.15) is 15.9 Å². The number of hydrogen-bond donors (Lipinski definition) is 1. The lowest BCUT2D eigenvalue weighted by molar-refractivity contribution is 0.102. The molecule has 0 aliphatic heterocycles. The van der Waals surface area contributed by atoms with E-state index in [2.05, 4.69) is 26.2 Å². The number of nitrogens with one attached hydrogen (secondary N) is 1. The standard InChI is InChI=1S/C13H11BrN2O/c1-9-11(3-2-4-12(9)14)13(17)16-10-5-7-15-8-6-10/h2-8H,1H3,(H,15,16,17). The average Bonchev–Trinajstić information content (AvgIpc) is 2.34. The Kier molecular flexibility index (Phi) is 3.54. The molecule has 1 heterocycles. The van der Waals surface area contributed by atoms with Gasteiger partial charge in [0.15, 0.2) is 0 Å². The molecule has 0 saturated heterocycles. The molecule has 0 bridgehead atoms. The molecule has 3 nitrogen and oxygen atoms in total. The Morgan fingerprint density at radius 2 is 1.94 bits per heavy atom. The molecule has 1 aromatic carbocycles. The Labute approximate surface area is 108 Å². The molecule has 2 aromatic rings. The van der Waals surface area contributed by atoms with Crippen LogP contribution in [0.3, 0.4) is 0 Å². The van der Waals surface area contributed by atoms with Crippen LogP contribution >= 0.6 is 15.9 Å². The van der Waals surface area contributed by atoms with Gasteiger partial charge in [0.2, 0.25) is 0 Å². The predicted molar refractivity (Wildman–Crippen MR) is 71.1 cm³/mol. The van der Waals surface area contributed by atoms with Crippen molar-refractivity contribution in [2.24, 2.45) is 0 Å². The van der Waals surface area contributed by atoms with Crippen LogP contribution in [0.15, 0.2) is 47.2 Å². The Balaban J connectivity index is 2.24. The molecule has 0 unspecified atom stereocenters. The number of nitrogens with zero attached hydrogens (tertiary/aromatic N) is 1. The van der Waals surface area contributed by atoms with Gasteiger partial charge in [0.1, 0.15) is 0 Å². The lowest BCUT2D eigenvalue weighted by Gasteiger charge is -2.08. The summed E-state index contributed by atoms with van der Waals surface area (Å²) >= 11 is 3.41. The molecule has 0 saturated carbocycles. The van der Waals surface area contributed by atoms with E-state index < -0.39 is 0 Å². The summed E-state index contributed by atoms with van der Waals surface area (Å²) < 4.78 is 0.930. The maximum absolute atomic E-state index is 12.0. The SMILES string of the molecule is Cc1c(Br)cccc1C(=O)Nc1ccncc1. The molecule has 0 atom stereocenters. The van der Waals surface area contributed by atoms with Crippen LogP contribution in [-0.2, 0) is 0 Å².